The Balaban J connectivity index is 1.35. The number of benzene rings is 2. The molecule has 1 N–H and O–H groups in total. The lowest BCUT2D eigenvalue weighted by molar-refractivity contribution is -0.134. The number of hydrogen-bond acceptors (Lipinski definition) is 6. The third kappa shape index (κ3) is 5.27. The number of rotatable bonds is 6. The molecule has 0 bridgehead atoms. The van der Waals surface area contributed by atoms with E-state index in [4.69, 9.17) is 4.74 Å². The molecule has 1 atom stereocenters. The van der Waals surface area contributed by atoms with E-state index in [0.29, 0.717) is 23.8 Å². The maximum Gasteiger partial charge on any atom is 0.286 e. The first-order valence-corrected chi connectivity index (χ1v) is 11.1. The van der Waals surface area contributed by atoms with Crippen molar-refractivity contribution in [3.8, 4) is 5.75 Å². The first kappa shape index (κ1) is 21.0. The summed E-state index contributed by atoms with van der Waals surface area (Å²) >= 11 is 1.29. The molecule has 0 radical (unpaired) electrons. The second-order valence-electron chi connectivity index (χ2n) is 7.50. The smallest absolute Gasteiger partial charge is 0.286 e. The van der Waals surface area contributed by atoms with Crippen molar-refractivity contribution >= 4 is 28.8 Å². The van der Waals surface area contributed by atoms with Crippen molar-refractivity contribution in [1.82, 2.24) is 15.1 Å². The molecule has 7 nitrogen and oxygen atoms in total. The lowest BCUT2D eigenvalue weighted by Gasteiger charge is -2.31. The number of ether oxygens (including phenoxy) is 1. The molecule has 1 aliphatic rings. The van der Waals surface area contributed by atoms with Crippen molar-refractivity contribution < 1.29 is 14.3 Å². The number of amides is 2. The lowest BCUT2D eigenvalue weighted by Crippen LogP contribution is -2.41. The molecule has 1 aliphatic heterocycles. The summed E-state index contributed by atoms with van der Waals surface area (Å²) in [5.41, 5.74) is 1.75. The van der Waals surface area contributed by atoms with E-state index >= 15 is 0 Å². The largest absolute Gasteiger partial charge is 0.484 e. The van der Waals surface area contributed by atoms with Crippen LogP contribution in [0.1, 0.15) is 39.1 Å². The number of aromatic nitrogens is 2. The van der Waals surface area contributed by atoms with Crippen LogP contribution in [0, 0.1) is 6.92 Å². The third-order valence-electron chi connectivity index (χ3n) is 5.26. The van der Waals surface area contributed by atoms with Gasteiger partial charge in [-0.25, -0.2) is 0 Å². The number of anilines is 1. The predicted octanol–water partition coefficient (Wildman–Crippen LogP) is 3.88. The molecule has 0 spiro atoms. The van der Waals surface area contributed by atoms with E-state index in [0.717, 1.165) is 29.1 Å². The SMILES string of the molecule is Cc1ccccc1NC(=O)c1nnc(C2CCCN(C(=O)COc3ccccc3)C2)s1. The molecule has 31 heavy (non-hydrogen) atoms. The molecule has 1 unspecified atom stereocenters. The molecule has 1 aromatic heterocycles. The Hall–Kier alpha value is -3.26. The zero-order chi connectivity index (χ0) is 21.6. The normalized spacial score (nSPS) is 16.0. The summed E-state index contributed by atoms with van der Waals surface area (Å²) < 4.78 is 5.59. The fraction of sp³-hybridized carbons (Fsp3) is 0.304. The average Bonchev–Trinajstić information content (AvgIpc) is 3.30. The third-order valence-corrected chi connectivity index (χ3v) is 6.34. The summed E-state index contributed by atoms with van der Waals surface area (Å²) in [5.74, 6) is 0.443. The van der Waals surface area contributed by atoms with Crippen LogP contribution < -0.4 is 10.1 Å². The Morgan fingerprint density at radius 1 is 1.13 bits per heavy atom. The van der Waals surface area contributed by atoms with Crippen LogP contribution in [0.25, 0.3) is 0 Å². The molecule has 8 heteroatoms. The molecule has 2 aromatic carbocycles. The summed E-state index contributed by atoms with van der Waals surface area (Å²) in [6.45, 7) is 3.21. The van der Waals surface area contributed by atoms with Crippen LogP contribution in [-0.4, -0.2) is 46.6 Å². The van der Waals surface area contributed by atoms with Crippen LogP contribution in [0.2, 0.25) is 0 Å². The minimum atomic E-state index is -0.266. The van der Waals surface area contributed by atoms with Gasteiger partial charge in [-0.15, -0.1) is 10.2 Å². The quantitative estimate of drug-likeness (QED) is 0.634. The van der Waals surface area contributed by atoms with Crippen molar-refractivity contribution in [1.29, 1.82) is 0 Å². The first-order valence-electron chi connectivity index (χ1n) is 10.3. The number of hydrogen-bond donors (Lipinski definition) is 1. The van der Waals surface area contributed by atoms with Gasteiger partial charge in [0.25, 0.3) is 11.8 Å². The van der Waals surface area contributed by atoms with Crippen molar-refractivity contribution in [2.75, 3.05) is 25.0 Å². The fourth-order valence-electron chi connectivity index (χ4n) is 3.54. The van der Waals surface area contributed by atoms with Gasteiger partial charge in [-0.2, -0.15) is 0 Å². The number of nitrogens with zero attached hydrogens (tertiary/aromatic N) is 3. The highest BCUT2D eigenvalue weighted by atomic mass is 32.1. The van der Waals surface area contributed by atoms with E-state index in [-0.39, 0.29) is 24.3 Å². The van der Waals surface area contributed by atoms with Gasteiger partial charge in [-0.05, 0) is 43.5 Å². The van der Waals surface area contributed by atoms with Crippen molar-refractivity contribution in [3.05, 3.63) is 70.2 Å². The standard InChI is InChI=1S/C23H24N4O3S/c1-16-8-5-6-12-19(16)24-21(29)23-26-25-22(31-23)17-9-7-13-27(14-17)20(28)15-30-18-10-3-2-4-11-18/h2-6,8,10-12,17H,7,9,13-15H2,1H3,(H,24,29). The number of carbonyl (C=O) groups excluding carboxylic acids is 2. The average molecular weight is 437 g/mol. The van der Waals surface area contributed by atoms with Gasteiger partial charge < -0.3 is 15.0 Å². The number of para-hydroxylation sites is 2. The highest BCUT2D eigenvalue weighted by Crippen LogP contribution is 2.29. The van der Waals surface area contributed by atoms with Crippen LogP contribution in [-0.2, 0) is 4.79 Å². The molecule has 2 heterocycles. The van der Waals surface area contributed by atoms with Gasteiger partial charge >= 0.3 is 0 Å². The van der Waals surface area contributed by atoms with Gasteiger partial charge in [0.2, 0.25) is 5.01 Å². The second kappa shape index (κ2) is 9.70. The van der Waals surface area contributed by atoms with E-state index in [2.05, 4.69) is 15.5 Å². The van der Waals surface area contributed by atoms with Gasteiger partial charge in [0.05, 0.1) is 0 Å². The highest BCUT2D eigenvalue weighted by molar-refractivity contribution is 7.13. The minimum absolute atomic E-state index is 0.0108. The summed E-state index contributed by atoms with van der Waals surface area (Å²) in [7, 11) is 0. The van der Waals surface area contributed by atoms with E-state index in [1.807, 2.05) is 66.4 Å². The van der Waals surface area contributed by atoms with E-state index < -0.39 is 0 Å². The van der Waals surface area contributed by atoms with Crippen molar-refractivity contribution in [3.63, 3.8) is 0 Å². The van der Waals surface area contributed by atoms with E-state index in [9.17, 15) is 9.59 Å². The Morgan fingerprint density at radius 3 is 2.71 bits per heavy atom. The van der Waals surface area contributed by atoms with E-state index in [1.165, 1.54) is 11.3 Å². The lowest BCUT2D eigenvalue weighted by atomic mass is 9.99. The molecular formula is C23H24N4O3S. The van der Waals surface area contributed by atoms with Gasteiger partial charge in [-0.1, -0.05) is 47.7 Å². The van der Waals surface area contributed by atoms with E-state index in [1.54, 1.807) is 0 Å². The zero-order valence-electron chi connectivity index (χ0n) is 17.3. The monoisotopic (exact) mass is 436 g/mol. The second-order valence-corrected chi connectivity index (χ2v) is 8.50. The fourth-order valence-corrected chi connectivity index (χ4v) is 4.40. The van der Waals surface area contributed by atoms with Crippen LogP contribution in [0.15, 0.2) is 54.6 Å². The summed E-state index contributed by atoms with van der Waals surface area (Å²) in [4.78, 5) is 27.0. The van der Waals surface area contributed by atoms with Gasteiger partial charge in [0.1, 0.15) is 10.8 Å². The number of likely N-dealkylation sites (tertiary alicyclic amines) is 1. The molecule has 0 aliphatic carbocycles. The Morgan fingerprint density at radius 2 is 1.90 bits per heavy atom. The highest BCUT2D eigenvalue weighted by Gasteiger charge is 2.28. The van der Waals surface area contributed by atoms with Gasteiger partial charge in [-0.3, -0.25) is 9.59 Å². The number of carbonyl (C=O) groups is 2. The molecule has 160 valence electrons. The molecule has 1 fully saturated rings. The van der Waals surface area contributed by atoms with Crippen LogP contribution >= 0.6 is 11.3 Å². The Bertz CT molecular complexity index is 1050. The molecule has 4 rings (SSSR count). The molecule has 2 amide bonds. The molecular weight excluding hydrogens is 412 g/mol. The van der Waals surface area contributed by atoms with Crippen LogP contribution in [0.3, 0.4) is 0 Å². The first-order chi connectivity index (χ1) is 15.1. The van der Waals surface area contributed by atoms with Crippen molar-refractivity contribution in [2.24, 2.45) is 0 Å². The summed E-state index contributed by atoms with van der Waals surface area (Å²) in [6, 6.07) is 16.9. The molecule has 0 saturated carbocycles. The van der Waals surface area contributed by atoms with Gasteiger partial charge in [0, 0.05) is 24.7 Å². The minimum Gasteiger partial charge on any atom is -0.484 e. The zero-order valence-corrected chi connectivity index (χ0v) is 18.1. The number of nitrogens with one attached hydrogen (secondary N) is 1. The summed E-state index contributed by atoms with van der Waals surface area (Å²) in [5, 5.41) is 12.3. The maximum atomic E-state index is 12.6. The Kier molecular flexibility index (Phi) is 6.57. The predicted molar refractivity (Wildman–Crippen MR) is 120 cm³/mol. The summed E-state index contributed by atoms with van der Waals surface area (Å²) in [6.07, 6.45) is 1.80. The number of aryl methyl sites for hydroxylation is 1. The van der Waals surface area contributed by atoms with Crippen molar-refractivity contribution in [2.45, 2.75) is 25.7 Å². The Labute approximate surface area is 185 Å². The van der Waals surface area contributed by atoms with Gasteiger partial charge in [0.15, 0.2) is 6.61 Å². The van der Waals surface area contributed by atoms with Crippen LogP contribution in [0.5, 0.6) is 5.75 Å². The molecule has 1 saturated heterocycles. The maximum absolute atomic E-state index is 12.6. The molecule has 3 aromatic rings. The topological polar surface area (TPSA) is 84.4 Å². The number of piperidine rings is 1. The van der Waals surface area contributed by atoms with Crippen LogP contribution in [0.4, 0.5) is 5.69 Å².